The van der Waals surface area contributed by atoms with Crippen LogP contribution < -0.4 is 4.90 Å². The summed E-state index contributed by atoms with van der Waals surface area (Å²) in [5, 5.41) is 0. The zero-order valence-corrected chi connectivity index (χ0v) is 17.9. The summed E-state index contributed by atoms with van der Waals surface area (Å²) in [4.78, 5) is 6.84. The third-order valence-corrected chi connectivity index (χ3v) is 5.93. The highest BCUT2D eigenvalue weighted by Crippen LogP contribution is 2.43. The molecule has 0 saturated heterocycles. The molecule has 0 spiro atoms. The number of fused-ring (bicyclic) bond motifs is 1. The van der Waals surface area contributed by atoms with Crippen molar-refractivity contribution in [2.24, 2.45) is 4.99 Å². The van der Waals surface area contributed by atoms with Gasteiger partial charge in [-0.25, -0.2) is 4.39 Å². The third-order valence-electron chi connectivity index (χ3n) is 5.93. The molecule has 0 bridgehead atoms. The molecule has 1 unspecified atom stereocenters. The Kier molecular flexibility index (Phi) is 6.22. The molecule has 150 valence electrons. The van der Waals surface area contributed by atoms with E-state index in [4.69, 9.17) is 0 Å². The van der Waals surface area contributed by atoms with E-state index in [2.05, 4.69) is 56.6 Å². The number of halogens is 1. The number of unbranched alkanes of at least 4 members (excludes halogenated alkanes) is 1. The average Bonchev–Trinajstić information content (AvgIpc) is 2.65. The quantitative estimate of drug-likeness (QED) is 0.491. The van der Waals surface area contributed by atoms with Crippen molar-refractivity contribution in [2.45, 2.75) is 71.8 Å². The van der Waals surface area contributed by atoms with E-state index in [1.54, 1.807) is 12.3 Å². The molecule has 2 nitrogen and oxygen atoms in total. The van der Waals surface area contributed by atoms with Gasteiger partial charge in [-0.2, -0.15) is 0 Å². The zero-order valence-electron chi connectivity index (χ0n) is 17.9. The second kappa shape index (κ2) is 8.46. The maximum absolute atomic E-state index is 14.9. The van der Waals surface area contributed by atoms with Gasteiger partial charge >= 0.3 is 0 Å². The first kappa shape index (κ1) is 20.6. The molecule has 1 aliphatic heterocycles. The van der Waals surface area contributed by atoms with Crippen molar-refractivity contribution < 1.29 is 4.39 Å². The highest BCUT2D eigenvalue weighted by atomic mass is 19.1. The number of hydrogen-bond donors (Lipinski definition) is 0. The summed E-state index contributed by atoms with van der Waals surface area (Å²) < 4.78 is 14.9. The van der Waals surface area contributed by atoms with Crippen LogP contribution in [0.25, 0.3) is 0 Å². The highest BCUT2D eigenvalue weighted by molar-refractivity contribution is 5.84. The minimum Gasteiger partial charge on any atom is -0.366 e. The van der Waals surface area contributed by atoms with Gasteiger partial charge in [0.15, 0.2) is 0 Å². The Bertz CT molecular complexity index is 836. The number of nitrogens with zero attached hydrogens (tertiary/aromatic N) is 2. The molecule has 2 aromatic rings. The molecule has 1 atom stereocenters. The van der Waals surface area contributed by atoms with Crippen LogP contribution in [-0.4, -0.2) is 18.3 Å². The Balaban J connectivity index is 1.86. The van der Waals surface area contributed by atoms with Crippen LogP contribution in [0.2, 0.25) is 0 Å². The van der Waals surface area contributed by atoms with Crippen LogP contribution in [0.3, 0.4) is 0 Å². The normalized spacial score (nSPS) is 18.5. The van der Waals surface area contributed by atoms with Crippen LogP contribution >= 0.6 is 0 Å². The van der Waals surface area contributed by atoms with E-state index < -0.39 is 0 Å². The largest absolute Gasteiger partial charge is 0.366 e. The van der Waals surface area contributed by atoms with E-state index in [1.165, 1.54) is 24.0 Å². The lowest BCUT2D eigenvalue weighted by atomic mass is 9.79. The van der Waals surface area contributed by atoms with Gasteiger partial charge in [-0.15, -0.1) is 0 Å². The van der Waals surface area contributed by atoms with E-state index >= 15 is 0 Å². The van der Waals surface area contributed by atoms with Crippen LogP contribution in [-0.2, 0) is 6.42 Å². The monoisotopic (exact) mass is 380 g/mol. The topological polar surface area (TPSA) is 15.6 Å². The summed E-state index contributed by atoms with van der Waals surface area (Å²) in [5.74, 6) is 0.198. The molecule has 0 N–H and O–H groups in total. The SMILES string of the molecule is CCCCc1ccc(N=Cc2cc3c(cc2F)N(CC)C(C)(C)CC3C)cc1. The molecule has 0 fully saturated rings. The summed E-state index contributed by atoms with van der Waals surface area (Å²) in [7, 11) is 0. The lowest BCUT2D eigenvalue weighted by molar-refractivity contribution is 0.380. The molecule has 1 heterocycles. The minimum atomic E-state index is -0.203. The first-order valence-corrected chi connectivity index (χ1v) is 10.6. The van der Waals surface area contributed by atoms with Crippen molar-refractivity contribution in [1.82, 2.24) is 0 Å². The molecule has 3 heteroatoms. The van der Waals surface area contributed by atoms with E-state index in [0.29, 0.717) is 11.5 Å². The lowest BCUT2D eigenvalue weighted by Gasteiger charge is -2.47. The average molecular weight is 381 g/mol. The first-order valence-electron chi connectivity index (χ1n) is 10.6. The number of aliphatic imine (C=N–C) groups is 1. The molecule has 0 amide bonds. The Labute approximate surface area is 169 Å². The molecule has 3 rings (SSSR count). The van der Waals surface area contributed by atoms with Gasteiger partial charge < -0.3 is 4.90 Å². The van der Waals surface area contributed by atoms with Crippen molar-refractivity contribution >= 4 is 17.6 Å². The van der Waals surface area contributed by atoms with Gasteiger partial charge in [0.1, 0.15) is 5.82 Å². The minimum absolute atomic E-state index is 0.0444. The van der Waals surface area contributed by atoms with Gasteiger partial charge in [0, 0.05) is 29.5 Å². The number of aryl methyl sites for hydroxylation is 1. The first-order chi connectivity index (χ1) is 13.4. The van der Waals surface area contributed by atoms with Crippen LogP contribution in [0.5, 0.6) is 0 Å². The Morgan fingerprint density at radius 1 is 1.18 bits per heavy atom. The molecule has 2 aromatic carbocycles. The Morgan fingerprint density at radius 3 is 2.54 bits per heavy atom. The Hall–Kier alpha value is -2.16. The molecule has 0 aromatic heterocycles. The van der Waals surface area contributed by atoms with Gasteiger partial charge in [0.2, 0.25) is 0 Å². The van der Waals surface area contributed by atoms with E-state index in [-0.39, 0.29) is 11.4 Å². The third kappa shape index (κ3) is 4.29. The van der Waals surface area contributed by atoms with Crippen LogP contribution in [0, 0.1) is 5.82 Å². The number of benzene rings is 2. The van der Waals surface area contributed by atoms with E-state index in [9.17, 15) is 4.39 Å². The van der Waals surface area contributed by atoms with Crippen molar-refractivity contribution in [2.75, 3.05) is 11.4 Å². The molecule has 0 aliphatic carbocycles. The van der Waals surface area contributed by atoms with Crippen LogP contribution in [0.4, 0.5) is 15.8 Å². The predicted molar refractivity (Wildman–Crippen MR) is 119 cm³/mol. The second-order valence-electron chi connectivity index (χ2n) is 8.62. The molecular weight excluding hydrogens is 347 g/mol. The second-order valence-corrected chi connectivity index (χ2v) is 8.62. The molecule has 1 aliphatic rings. The number of hydrogen-bond acceptors (Lipinski definition) is 2. The summed E-state index contributed by atoms with van der Waals surface area (Å²) in [6, 6.07) is 12.0. The fraction of sp³-hybridized carbons (Fsp3) is 0.480. The van der Waals surface area contributed by atoms with Crippen molar-refractivity contribution in [3.8, 4) is 0 Å². The van der Waals surface area contributed by atoms with E-state index in [1.807, 2.05) is 18.2 Å². The summed E-state index contributed by atoms with van der Waals surface area (Å²) in [6.07, 6.45) is 6.23. The fourth-order valence-electron chi connectivity index (χ4n) is 4.49. The molecule has 28 heavy (non-hydrogen) atoms. The standard InChI is InChI=1S/C25H33FN2/c1-6-8-9-19-10-12-21(13-11-19)27-17-20-14-22-18(3)16-25(4,5)28(7-2)24(22)15-23(20)26/h10-15,17-18H,6-9,16H2,1-5H3. The van der Waals surface area contributed by atoms with Gasteiger partial charge in [-0.3, -0.25) is 4.99 Å². The summed E-state index contributed by atoms with van der Waals surface area (Å²) >= 11 is 0. The summed E-state index contributed by atoms with van der Waals surface area (Å²) in [6.45, 7) is 11.9. The van der Waals surface area contributed by atoms with Gasteiger partial charge in [0.25, 0.3) is 0 Å². The van der Waals surface area contributed by atoms with Gasteiger partial charge in [-0.05, 0) is 81.3 Å². The maximum Gasteiger partial charge on any atom is 0.134 e. The van der Waals surface area contributed by atoms with Crippen LogP contribution in [0.1, 0.15) is 76.5 Å². The molecule has 0 saturated carbocycles. The highest BCUT2D eigenvalue weighted by Gasteiger charge is 2.36. The van der Waals surface area contributed by atoms with Crippen molar-refractivity contribution in [1.29, 1.82) is 0 Å². The summed E-state index contributed by atoms with van der Waals surface area (Å²) in [5.41, 5.74) is 5.05. The van der Waals surface area contributed by atoms with Crippen molar-refractivity contribution in [3.63, 3.8) is 0 Å². The zero-order chi connectivity index (χ0) is 20.3. The number of anilines is 1. The lowest BCUT2D eigenvalue weighted by Crippen LogP contribution is -2.48. The fourth-order valence-corrected chi connectivity index (χ4v) is 4.49. The van der Waals surface area contributed by atoms with Crippen LogP contribution in [0.15, 0.2) is 41.4 Å². The predicted octanol–water partition coefficient (Wildman–Crippen LogP) is 7.03. The van der Waals surface area contributed by atoms with E-state index in [0.717, 1.165) is 30.8 Å². The molecule has 0 radical (unpaired) electrons. The van der Waals surface area contributed by atoms with Crippen molar-refractivity contribution in [3.05, 3.63) is 58.9 Å². The Morgan fingerprint density at radius 2 is 1.89 bits per heavy atom. The number of rotatable bonds is 6. The maximum atomic E-state index is 14.9. The molecular formula is C25H33FN2. The van der Waals surface area contributed by atoms with Gasteiger partial charge in [0.05, 0.1) is 5.69 Å². The smallest absolute Gasteiger partial charge is 0.134 e. The van der Waals surface area contributed by atoms with Gasteiger partial charge in [-0.1, -0.05) is 32.4 Å².